The fraction of sp³-hybridized carbons (Fsp3) is 0.688. The number of hydrogen-bond donors (Lipinski definition) is 1. The monoisotopic (exact) mass is 546 g/mol. The smallest absolute Gasteiger partial charge is 0.233 e. The van der Waals surface area contributed by atoms with Crippen molar-refractivity contribution in [3.63, 3.8) is 0 Å². The van der Waals surface area contributed by atoms with Crippen LogP contribution in [0, 0.1) is 41.4 Å². The van der Waals surface area contributed by atoms with E-state index in [-0.39, 0.29) is 65.3 Å². The number of likely N-dealkylation sites (tertiary alicyclic amines) is 2. The molecule has 3 heterocycles. The molecule has 0 spiro atoms. The maximum absolute atomic E-state index is 13.6. The number of piperidine rings is 1. The SMILES string of the molecule is CC(=O)NC1C(C)C2CC1C1C(=O)N(C[C@H]3CCC[C@@H]3CN3CCC(N4C(=O)Cc5ccccc54)CC3)C(=O)C21. The van der Waals surface area contributed by atoms with Gasteiger partial charge < -0.3 is 15.1 Å². The standard InChI is InChI=1S/C32H42N4O4/c1-18-24-15-25(30(18)33-19(2)37)29-28(24)31(39)35(32(29)40)17-22-8-5-7-21(22)16-34-12-10-23(11-13-34)36-26-9-4-3-6-20(26)14-27(36)38/h3-4,6,9,18,21-25,28-30H,5,7-8,10-17H2,1-2H3,(H,33,37)/t18?,21-,22-,24?,25?,28?,29?,30?/m1/s1. The van der Waals surface area contributed by atoms with Crippen molar-refractivity contribution in [1.82, 2.24) is 15.1 Å². The Bertz CT molecular complexity index is 1230. The molecule has 8 atom stereocenters. The van der Waals surface area contributed by atoms with Gasteiger partial charge in [0.15, 0.2) is 0 Å². The molecule has 3 aliphatic heterocycles. The summed E-state index contributed by atoms with van der Waals surface area (Å²) < 4.78 is 0. The van der Waals surface area contributed by atoms with Crippen LogP contribution >= 0.6 is 0 Å². The maximum Gasteiger partial charge on any atom is 0.233 e. The van der Waals surface area contributed by atoms with Crippen molar-refractivity contribution in [2.24, 2.45) is 41.4 Å². The Kier molecular flexibility index (Phi) is 6.52. The largest absolute Gasteiger partial charge is 0.353 e. The van der Waals surface area contributed by atoms with Crippen molar-refractivity contribution in [2.45, 2.75) is 70.9 Å². The van der Waals surface area contributed by atoms with E-state index in [1.54, 1.807) is 4.90 Å². The summed E-state index contributed by atoms with van der Waals surface area (Å²) in [6.07, 6.45) is 6.75. The number of amides is 4. The molecule has 0 radical (unpaired) electrons. The van der Waals surface area contributed by atoms with Gasteiger partial charge in [0.2, 0.25) is 23.6 Å². The summed E-state index contributed by atoms with van der Waals surface area (Å²) in [4.78, 5) is 58.1. The fourth-order valence-corrected chi connectivity index (χ4v) is 9.70. The first kappa shape index (κ1) is 26.2. The number of rotatable bonds is 6. The number of anilines is 1. The lowest BCUT2D eigenvalue weighted by molar-refractivity contribution is -0.142. The van der Waals surface area contributed by atoms with E-state index in [0.29, 0.717) is 24.8 Å². The molecule has 7 rings (SSSR count). The highest BCUT2D eigenvalue weighted by atomic mass is 16.2. The second-order valence-corrected chi connectivity index (χ2v) is 13.5. The minimum atomic E-state index is -0.247. The van der Waals surface area contributed by atoms with E-state index < -0.39 is 0 Å². The summed E-state index contributed by atoms with van der Waals surface area (Å²) in [5.41, 5.74) is 2.24. The van der Waals surface area contributed by atoms with E-state index in [9.17, 15) is 19.2 Å². The zero-order chi connectivity index (χ0) is 27.7. The molecule has 6 aliphatic rings. The Morgan fingerprint density at radius 3 is 2.33 bits per heavy atom. The van der Waals surface area contributed by atoms with Crippen LogP contribution in [-0.2, 0) is 25.6 Å². The Morgan fingerprint density at radius 1 is 0.925 bits per heavy atom. The summed E-state index contributed by atoms with van der Waals surface area (Å²) in [5.74, 6) is 1.19. The second-order valence-electron chi connectivity index (χ2n) is 13.5. The molecule has 5 fully saturated rings. The minimum absolute atomic E-state index is 0.00643. The molecule has 40 heavy (non-hydrogen) atoms. The highest BCUT2D eigenvalue weighted by molar-refractivity contribution is 6.06. The Labute approximate surface area is 236 Å². The molecule has 0 aromatic heterocycles. The van der Waals surface area contributed by atoms with E-state index in [2.05, 4.69) is 34.2 Å². The third-order valence-electron chi connectivity index (χ3n) is 11.5. The molecule has 6 unspecified atom stereocenters. The van der Waals surface area contributed by atoms with Gasteiger partial charge in [-0.05, 0) is 73.3 Å². The number of hydrogen-bond acceptors (Lipinski definition) is 5. The van der Waals surface area contributed by atoms with Gasteiger partial charge in [-0.1, -0.05) is 31.5 Å². The molecule has 214 valence electrons. The van der Waals surface area contributed by atoms with E-state index in [0.717, 1.165) is 69.4 Å². The molecule has 1 aromatic carbocycles. The Morgan fingerprint density at radius 2 is 1.60 bits per heavy atom. The molecule has 1 N–H and O–H groups in total. The number of benzene rings is 1. The summed E-state index contributed by atoms with van der Waals surface area (Å²) in [6, 6.07) is 8.46. The average Bonchev–Trinajstić information content (AvgIpc) is 3.72. The Hall–Kier alpha value is -2.74. The molecule has 4 amide bonds. The number of nitrogens with zero attached hydrogens (tertiary/aromatic N) is 3. The topological polar surface area (TPSA) is 90.0 Å². The summed E-state index contributed by atoms with van der Waals surface area (Å²) in [7, 11) is 0. The predicted molar refractivity (Wildman–Crippen MR) is 150 cm³/mol. The summed E-state index contributed by atoms with van der Waals surface area (Å²) in [5, 5.41) is 3.09. The average molecular weight is 547 g/mol. The lowest BCUT2D eigenvalue weighted by Crippen LogP contribution is -2.48. The first-order chi connectivity index (χ1) is 19.3. The van der Waals surface area contributed by atoms with Gasteiger partial charge in [-0.2, -0.15) is 0 Å². The number of para-hydroxylation sites is 1. The van der Waals surface area contributed by atoms with Crippen LogP contribution in [0.2, 0.25) is 0 Å². The van der Waals surface area contributed by atoms with Crippen LogP contribution in [0.15, 0.2) is 24.3 Å². The first-order valence-corrected chi connectivity index (χ1v) is 15.6. The van der Waals surface area contributed by atoms with Gasteiger partial charge in [-0.3, -0.25) is 24.1 Å². The molecule has 3 aliphatic carbocycles. The van der Waals surface area contributed by atoms with E-state index >= 15 is 0 Å². The van der Waals surface area contributed by atoms with Gasteiger partial charge in [0.25, 0.3) is 0 Å². The van der Waals surface area contributed by atoms with Crippen molar-refractivity contribution in [3.8, 4) is 0 Å². The zero-order valence-corrected chi connectivity index (χ0v) is 23.8. The Balaban J connectivity index is 0.964. The maximum atomic E-state index is 13.6. The molecular weight excluding hydrogens is 504 g/mol. The lowest BCUT2D eigenvalue weighted by Gasteiger charge is -2.38. The molecule has 8 heteroatoms. The van der Waals surface area contributed by atoms with Gasteiger partial charge in [-0.25, -0.2) is 0 Å². The second kappa shape index (κ2) is 9.97. The molecule has 1 aromatic rings. The van der Waals surface area contributed by atoms with Crippen LogP contribution < -0.4 is 10.2 Å². The van der Waals surface area contributed by atoms with Crippen molar-refractivity contribution < 1.29 is 19.2 Å². The van der Waals surface area contributed by atoms with Crippen molar-refractivity contribution in [3.05, 3.63) is 29.8 Å². The van der Waals surface area contributed by atoms with Crippen LogP contribution in [0.3, 0.4) is 0 Å². The van der Waals surface area contributed by atoms with E-state index in [1.165, 1.54) is 6.92 Å². The third-order valence-corrected chi connectivity index (χ3v) is 11.5. The molecule has 3 saturated carbocycles. The number of imide groups is 1. The number of nitrogens with one attached hydrogen (secondary N) is 1. The molecule has 2 saturated heterocycles. The number of carbonyl (C=O) groups is 4. The molecular formula is C32H42N4O4. The van der Waals surface area contributed by atoms with Crippen LogP contribution in [-0.4, -0.2) is 71.7 Å². The quantitative estimate of drug-likeness (QED) is 0.555. The van der Waals surface area contributed by atoms with Crippen LogP contribution in [0.1, 0.15) is 57.9 Å². The van der Waals surface area contributed by atoms with Crippen molar-refractivity contribution >= 4 is 29.3 Å². The summed E-state index contributed by atoms with van der Waals surface area (Å²) >= 11 is 0. The van der Waals surface area contributed by atoms with Gasteiger partial charge >= 0.3 is 0 Å². The van der Waals surface area contributed by atoms with Gasteiger partial charge in [0.05, 0.1) is 18.3 Å². The zero-order valence-electron chi connectivity index (χ0n) is 23.8. The fourth-order valence-electron chi connectivity index (χ4n) is 9.70. The van der Waals surface area contributed by atoms with Gasteiger partial charge in [0, 0.05) is 50.9 Å². The number of carbonyl (C=O) groups excluding carboxylic acids is 4. The summed E-state index contributed by atoms with van der Waals surface area (Å²) in [6.45, 7) is 7.21. The predicted octanol–water partition coefficient (Wildman–Crippen LogP) is 2.85. The molecule has 2 bridgehead atoms. The minimum Gasteiger partial charge on any atom is -0.353 e. The van der Waals surface area contributed by atoms with E-state index in [1.807, 2.05) is 12.1 Å². The van der Waals surface area contributed by atoms with E-state index in [4.69, 9.17) is 0 Å². The molecule has 8 nitrogen and oxygen atoms in total. The van der Waals surface area contributed by atoms with Crippen molar-refractivity contribution in [1.29, 1.82) is 0 Å². The third kappa shape index (κ3) is 4.12. The van der Waals surface area contributed by atoms with Crippen LogP contribution in [0.25, 0.3) is 0 Å². The van der Waals surface area contributed by atoms with Gasteiger partial charge in [-0.15, -0.1) is 0 Å². The van der Waals surface area contributed by atoms with Crippen LogP contribution in [0.4, 0.5) is 5.69 Å². The lowest BCUT2D eigenvalue weighted by atomic mass is 9.73. The van der Waals surface area contributed by atoms with Crippen LogP contribution in [0.5, 0.6) is 0 Å². The first-order valence-electron chi connectivity index (χ1n) is 15.6. The van der Waals surface area contributed by atoms with Gasteiger partial charge in [0.1, 0.15) is 0 Å². The normalized spacial score (nSPS) is 37.5. The number of fused-ring (bicyclic) bond motifs is 6. The highest BCUT2D eigenvalue weighted by Gasteiger charge is 2.66. The highest BCUT2D eigenvalue weighted by Crippen LogP contribution is 2.58. The van der Waals surface area contributed by atoms with Crippen molar-refractivity contribution in [2.75, 3.05) is 31.1 Å².